The van der Waals surface area contributed by atoms with E-state index >= 15 is 0 Å². The molecule has 2 atom stereocenters. The van der Waals surface area contributed by atoms with E-state index in [1.54, 1.807) is 0 Å². The molecule has 0 spiro atoms. The summed E-state index contributed by atoms with van der Waals surface area (Å²) in [5, 5.41) is 0.565. The molecule has 2 unspecified atom stereocenters. The molecule has 1 rings (SSSR count). The lowest BCUT2D eigenvalue weighted by Crippen LogP contribution is -1.83. The van der Waals surface area contributed by atoms with Gasteiger partial charge in [0.25, 0.3) is 0 Å². The molecule has 0 aliphatic carbocycles. The van der Waals surface area contributed by atoms with Gasteiger partial charge in [-0.15, -0.1) is 11.8 Å². The van der Waals surface area contributed by atoms with Crippen molar-refractivity contribution in [2.24, 2.45) is 0 Å². The van der Waals surface area contributed by atoms with Crippen LogP contribution in [-0.4, -0.2) is 10.8 Å². The van der Waals surface area contributed by atoms with Crippen LogP contribution in [0.3, 0.4) is 0 Å². The van der Waals surface area contributed by atoms with Crippen molar-refractivity contribution >= 4 is 11.8 Å². The predicted molar refractivity (Wildman–Crippen MR) is 31.2 cm³/mol. The monoisotopic (exact) mass is 120 g/mol. The topological polar surface area (TPSA) is 0 Å². The van der Waals surface area contributed by atoms with E-state index < -0.39 is 5.50 Å². The average Bonchev–Trinajstić information content (AvgIpc) is 1.87. The molecule has 1 fully saturated rings. The molecule has 0 amide bonds. The van der Waals surface area contributed by atoms with Crippen LogP contribution in [0.2, 0.25) is 0 Å². The summed E-state index contributed by atoms with van der Waals surface area (Å²) in [6.45, 7) is 2.07. The van der Waals surface area contributed by atoms with Gasteiger partial charge in [0.05, 0.1) is 0 Å². The Balaban J connectivity index is 2.26. The van der Waals surface area contributed by atoms with Crippen molar-refractivity contribution in [1.29, 1.82) is 0 Å². The van der Waals surface area contributed by atoms with Gasteiger partial charge < -0.3 is 0 Å². The maximum Gasteiger partial charge on any atom is 0.146 e. The summed E-state index contributed by atoms with van der Waals surface area (Å²) in [5.41, 5.74) is -0.560. The third-order valence-corrected chi connectivity index (χ3v) is 2.41. The third kappa shape index (κ3) is 1.34. The van der Waals surface area contributed by atoms with Gasteiger partial charge in [-0.25, -0.2) is 4.39 Å². The van der Waals surface area contributed by atoms with Crippen LogP contribution in [0.1, 0.15) is 19.8 Å². The minimum absolute atomic E-state index is 0.560. The fraction of sp³-hybridized carbons (Fsp3) is 1.00. The fourth-order valence-corrected chi connectivity index (χ4v) is 1.80. The average molecular weight is 120 g/mol. The minimum Gasteiger partial charge on any atom is -0.236 e. The molecule has 1 aliphatic heterocycles. The van der Waals surface area contributed by atoms with Crippen LogP contribution < -0.4 is 0 Å². The minimum atomic E-state index is -0.560. The molecule has 1 saturated heterocycles. The lowest BCUT2D eigenvalue weighted by molar-refractivity contribution is 0.439. The first-order chi connectivity index (χ1) is 3.29. The number of thioether (sulfide) groups is 1. The van der Waals surface area contributed by atoms with Crippen LogP contribution in [0.25, 0.3) is 0 Å². The molecule has 0 N–H and O–H groups in total. The van der Waals surface area contributed by atoms with E-state index in [-0.39, 0.29) is 0 Å². The molecule has 0 radical (unpaired) electrons. The maximum absolute atomic E-state index is 12.1. The highest BCUT2D eigenvalue weighted by atomic mass is 32.2. The van der Waals surface area contributed by atoms with Gasteiger partial charge in [-0.2, -0.15) is 0 Å². The van der Waals surface area contributed by atoms with Crippen LogP contribution in [0.15, 0.2) is 0 Å². The van der Waals surface area contributed by atoms with Gasteiger partial charge >= 0.3 is 0 Å². The van der Waals surface area contributed by atoms with Crippen LogP contribution >= 0.6 is 11.8 Å². The normalized spacial score (nSPS) is 42.0. The maximum atomic E-state index is 12.1. The summed E-state index contributed by atoms with van der Waals surface area (Å²) in [5.74, 6) is 0. The van der Waals surface area contributed by atoms with Crippen molar-refractivity contribution in [2.45, 2.75) is 30.5 Å². The highest BCUT2D eigenvalue weighted by Crippen LogP contribution is 2.33. The number of hydrogen-bond donors (Lipinski definition) is 0. The third-order valence-electron chi connectivity index (χ3n) is 1.18. The molecule has 1 heterocycles. The summed E-state index contributed by atoms with van der Waals surface area (Å²) < 4.78 is 12.1. The van der Waals surface area contributed by atoms with Gasteiger partial charge in [0.15, 0.2) is 0 Å². The van der Waals surface area contributed by atoms with Crippen LogP contribution in [0.5, 0.6) is 0 Å². The molecule has 1 aliphatic rings. The quantitative estimate of drug-likeness (QED) is 0.472. The largest absolute Gasteiger partial charge is 0.236 e. The zero-order valence-electron chi connectivity index (χ0n) is 4.36. The molecule has 0 aromatic carbocycles. The van der Waals surface area contributed by atoms with Crippen molar-refractivity contribution < 1.29 is 4.39 Å². The Kier molecular flexibility index (Phi) is 1.57. The van der Waals surface area contributed by atoms with E-state index in [0.29, 0.717) is 5.25 Å². The lowest BCUT2D eigenvalue weighted by Gasteiger charge is -1.94. The van der Waals surface area contributed by atoms with Gasteiger partial charge in [-0.1, -0.05) is 6.92 Å². The van der Waals surface area contributed by atoms with Crippen molar-refractivity contribution in [3.8, 4) is 0 Å². The molecular weight excluding hydrogens is 111 g/mol. The first-order valence-corrected chi connectivity index (χ1v) is 3.53. The van der Waals surface area contributed by atoms with Crippen molar-refractivity contribution in [2.75, 3.05) is 0 Å². The van der Waals surface area contributed by atoms with E-state index in [1.165, 1.54) is 11.8 Å². The SMILES string of the molecule is CC1CCC(F)S1. The van der Waals surface area contributed by atoms with Gasteiger partial charge in [0.2, 0.25) is 0 Å². The molecule has 0 nitrogen and oxygen atoms in total. The van der Waals surface area contributed by atoms with Gasteiger partial charge in [-0.3, -0.25) is 0 Å². The van der Waals surface area contributed by atoms with Gasteiger partial charge in [0, 0.05) is 5.25 Å². The number of rotatable bonds is 0. The Labute approximate surface area is 47.5 Å². The summed E-state index contributed by atoms with van der Waals surface area (Å²) in [4.78, 5) is 0. The molecule has 42 valence electrons. The van der Waals surface area contributed by atoms with Crippen LogP contribution in [0.4, 0.5) is 4.39 Å². The molecule has 0 saturated carbocycles. The highest BCUT2D eigenvalue weighted by molar-refractivity contribution is 8.00. The second-order valence-electron chi connectivity index (χ2n) is 1.93. The number of hydrogen-bond acceptors (Lipinski definition) is 1. The molecular formula is C5H9FS. The van der Waals surface area contributed by atoms with E-state index in [9.17, 15) is 4.39 Å². The summed E-state index contributed by atoms with van der Waals surface area (Å²) in [6, 6.07) is 0. The highest BCUT2D eigenvalue weighted by Gasteiger charge is 2.20. The first-order valence-electron chi connectivity index (χ1n) is 2.58. The second kappa shape index (κ2) is 2.03. The molecule has 0 aromatic rings. The molecule has 2 heteroatoms. The predicted octanol–water partition coefficient (Wildman–Crippen LogP) is 2.20. The number of halogens is 1. The molecule has 0 aromatic heterocycles. The zero-order chi connectivity index (χ0) is 5.28. The van der Waals surface area contributed by atoms with Crippen LogP contribution in [-0.2, 0) is 0 Å². The Morgan fingerprint density at radius 2 is 2.29 bits per heavy atom. The summed E-state index contributed by atoms with van der Waals surface area (Å²) >= 11 is 1.45. The summed E-state index contributed by atoms with van der Waals surface area (Å²) in [7, 11) is 0. The Morgan fingerprint density at radius 3 is 2.43 bits per heavy atom. The molecule has 7 heavy (non-hydrogen) atoms. The standard InChI is InChI=1S/C5H9FS/c1-4-2-3-5(6)7-4/h4-5H,2-3H2,1H3. The van der Waals surface area contributed by atoms with E-state index in [2.05, 4.69) is 6.92 Å². The zero-order valence-corrected chi connectivity index (χ0v) is 5.17. The Morgan fingerprint density at radius 1 is 1.57 bits per heavy atom. The Bertz CT molecular complexity index is 57.1. The van der Waals surface area contributed by atoms with Crippen LogP contribution in [0, 0.1) is 0 Å². The first kappa shape index (κ1) is 5.42. The fourth-order valence-electron chi connectivity index (χ4n) is 0.754. The molecule has 0 bridgehead atoms. The Hall–Kier alpha value is 0.280. The van der Waals surface area contributed by atoms with Crippen molar-refractivity contribution in [1.82, 2.24) is 0 Å². The smallest absolute Gasteiger partial charge is 0.146 e. The second-order valence-corrected chi connectivity index (χ2v) is 3.52. The summed E-state index contributed by atoms with van der Waals surface area (Å²) in [6.07, 6.45) is 1.83. The van der Waals surface area contributed by atoms with Gasteiger partial charge in [-0.05, 0) is 12.8 Å². The lowest BCUT2D eigenvalue weighted by atomic mass is 10.3. The number of alkyl halides is 1. The van der Waals surface area contributed by atoms with Gasteiger partial charge in [0.1, 0.15) is 5.50 Å². The van der Waals surface area contributed by atoms with E-state index in [0.717, 1.165) is 12.8 Å². The van der Waals surface area contributed by atoms with Crippen molar-refractivity contribution in [3.63, 3.8) is 0 Å². The van der Waals surface area contributed by atoms with Crippen molar-refractivity contribution in [3.05, 3.63) is 0 Å². The van der Waals surface area contributed by atoms with E-state index in [1.807, 2.05) is 0 Å². The van der Waals surface area contributed by atoms with E-state index in [4.69, 9.17) is 0 Å².